The number of carbonyl (C=O) groups is 4. The Kier molecular flexibility index (Phi) is 6.81. The minimum atomic E-state index is -0.663. The smallest absolute Gasteiger partial charge is 0.373 e. The summed E-state index contributed by atoms with van der Waals surface area (Å²) in [6.07, 6.45) is 1.48. The van der Waals surface area contributed by atoms with Gasteiger partial charge in [0.25, 0.3) is 11.8 Å². The van der Waals surface area contributed by atoms with Gasteiger partial charge in [-0.05, 0) is 67.8 Å². The maximum absolute atomic E-state index is 12.7. The summed E-state index contributed by atoms with van der Waals surface area (Å²) in [5.74, 6) is -1.28. The molecular formula is C19H15Br2N3O7. The third kappa shape index (κ3) is 5.14. The number of rotatable bonds is 7. The zero-order chi connectivity index (χ0) is 22.7. The first-order valence-corrected chi connectivity index (χ1v) is 10.2. The molecule has 1 aromatic heterocycles. The van der Waals surface area contributed by atoms with Crippen molar-refractivity contribution in [3.63, 3.8) is 0 Å². The number of nitrogens with zero attached hydrogens (tertiary/aromatic N) is 1. The number of hydrogen-bond acceptors (Lipinski definition) is 7. The molecule has 1 aliphatic heterocycles. The largest absolute Gasteiger partial charge is 0.481 e. The van der Waals surface area contributed by atoms with E-state index in [-0.39, 0.29) is 30.4 Å². The second kappa shape index (κ2) is 9.35. The molecule has 31 heavy (non-hydrogen) atoms. The topological polar surface area (TPSA) is 141 Å². The molecule has 12 heteroatoms. The SMILES string of the molecule is COC(=O)c1ccc(CN2C(=O)N/C(=C\c3cc(Br)c(OCC(N)=O)c(Br)c3)C2=O)o1. The fourth-order valence-corrected chi connectivity index (χ4v) is 4.11. The van der Waals surface area contributed by atoms with Crippen molar-refractivity contribution < 1.29 is 33.1 Å². The number of esters is 1. The van der Waals surface area contributed by atoms with E-state index in [1.54, 1.807) is 12.1 Å². The number of benzene rings is 1. The van der Waals surface area contributed by atoms with Crippen molar-refractivity contribution in [1.29, 1.82) is 0 Å². The molecule has 1 aliphatic rings. The molecule has 0 aliphatic carbocycles. The Hall–Kier alpha value is -3.12. The molecule has 0 bridgehead atoms. The second-order valence-corrected chi connectivity index (χ2v) is 7.91. The minimum absolute atomic E-state index is 0.0336. The van der Waals surface area contributed by atoms with Gasteiger partial charge in [-0.1, -0.05) is 0 Å². The van der Waals surface area contributed by atoms with Crippen LogP contribution in [0, 0.1) is 0 Å². The van der Waals surface area contributed by atoms with E-state index in [1.165, 1.54) is 25.3 Å². The van der Waals surface area contributed by atoms with Crippen molar-refractivity contribution in [3.05, 3.63) is 56.0 Å². The van der Waals surface area contributed by atoms with Gasteiger partial charge in [0, 0.05) is 0 Å². The van der Waals surface area contributed by atoms with Crippen molar-refractivity contribution in [3.8, 4) is 5.75 Å². The number of methoxy groups -OCH3 is 1. The summed E-state index contributed by atoms with van der Waals surface area (Å²) in [4.78, 5) is 48.3. The Labute approximate surface area is 192 Å². The lowest BCUT2D eigenvalue weighted by molar-refractivity contribution is -0.123. The van der Waals surface area contributed by atoms with E-state index < -0.39 is 23.8 Å². The predicted octanol–water partition coefficient (Wildman–Crippen LogP) is 2.55. The van der Waals surface area contributed by atoms with Gasteiger partial charge in [0.1, 0.15) is 17.2 Å². The average Bonchev–Trinajstić information content (AvgIpc) is 3.27. The summed E-state index contributed by atoms with van der Waals surface area (Å²) in [6.45, 7) is -0.460. The quantitative estimate of drug-likeness (QED) is 0.303. The van der Waals surface area contributed by atoms with Crippen molar-refractivity contribution in [1.82, 2.24) is 10.2 Å². The average molecular weight is 557 g/mol. The summed E-state index contributed by atoms with van der Waals surface area (Å²) in [5.41, 5.74) is 5.70. The van der Waals surface area contributed by atoms with Crippen molar-refractivity contribution >= 4 is 61.8 Å². The van der Waals surface area contributed by atoms with Crippen LogP contribution in [0.15, 0.2) is 43.3 Å². The Morgan fingerprint density at radius 2 is 1.90 bits per heavy atom. The molecule has 2 aromatic rings. The van der Waals surface area contributed by atoms with Gasteiger partial charge in [-0.2, -0.15) is 0 Å². The minimum Gasteiger partial charge on any atom is -0.481 e. The van der Waals surface area contributed by atoms with Gasteiger partial charge in [-0.25, -0.2) is 9.59 Å². The highest BCUT2D eigenvalue weighted by Crippen LogP contribution is 2.35. The molecule has 0 atom stereocenters. The maximum Gasteiger partial charge on any atom is 0.373 e. The number of primary amides is 1. The van der Waals surface area contributed by atoms with Crippen molar-refractivity contribution in [2.24, 2.45) is 5.73 Å². The second-order valence-electron chi connectivity index (χ2n) is 6.21. The Morgan fingerprint density at radius 1 is 1.23 bits per heavy atom. The molecule has 162 valence electrons. The normalized spacial score (nSPS) is 14.7. The maximum atomic E-state index is 12.7. The first kappa shape index (κ1) is 22.6. The molecule has 10 nitrogen and oxygen atoms in total. The van der Waals surface area contributed by atoms with Gasteiger partial charge in [-0.3, -0.25) is 14.5 Å². The number of nitrogens with two attached hydrogens (primary N) is 1. The van der Waals surface area contributed by atoms with E-state index in [0.717, 1.165) is 4.90 Å². The molecule has 0 saturated carbocycles. The first-order valence-electron chi connectivity index (χ1n) is 8.61. The van der Waals surface area contributed by atoms with Crippen LogP contribution in [0.2, 0.25) is 0 Å². The van der Waals surface area contributed by atoms with E-state index >= 15 is 0 Å². The molecule has 0 spiro atoms. The highest BCUT2D eigenvalue weighted by Gasteiger charge is 2.34. The number of urea groups is 1. The zero-order valence-corrected chi connectivity index (χ0v) is 19.1. The molecule has 1 aromatic carbocycles. The lowest BCUT2D eigenvalue weighted by atomic mass is 10.2. The molecule has 0 radical (unpaired) electrons. The molecule has 0 unspecified atom stereocenters. The number of halogens is 2. The van der Waals surface area contributed by atoms with Crippen LogP contribution in [0.4, 0.5) is 4.79 Å². The first-order chi connectivity index (χ1) is 14.7. The highest BCUT2D eigenvalue weighted by molar-refractivity contribution is 9.11. The number of hydrogen-bond donors (Lipinski definition) is 2. The summed E-state index contributed by atoms with van der Waals surface area (Å²) in [5, 5.41) is 2.50. The summed E-state index contributed by atoms with van der Waals surface area (Å²) in [6, 6.07) is 5.53. The van der Waals surface area contributed by atoms with E-state index in [4.69, 9.17) is 14.9 Å². The van der Waals surface area contributed by atoms with Crippen molar-refractivity contribution in [2.75, 3.05) is 13.7 Å². The number of nitrogens with one attached hydrogen (secondary N) is 1. The van der Waals surface area contributed by atoms with Crippen LogP contribution >= 0.6 is 31.9 Å². The monoisotopic (exact) mass is 555 g/mol. The van der Waals surface area contributed by atoms with Crippen LogP contribution in [0.25, 0.3) is 6.08 Å². The number of carbonyl (C=O) groups excluding carboxylic acids is 4. The number of furan rings is 1. The van der Waals surface area contributed by atoms with Crippen LogP contribution < -0.4 is 15.8 Å². The van der Waals surface area contributed by atoms with Crippen LogP contribution in [0.3, 0.4) is 0 Å². The van der Waals surface area contributed by atoms with E-state index in [2.05, 4.69) is 41.9 Å². The molecule has 1 fully saturated rings. The Balaban J connectivity index is 1.77. The molecular weight excluding hydrogens is 542 g/mol. The molecule has 3 N–H and O–H groups in total. The van der Waals surface area contributed by atoms with Crippen LogP contribution in [0.5, 0.6) is 5.75 Å². The summed E-state index contributed by atoms with van der Waals surface area (Å²) < 4.78 is 16.2. The number of ether oxygens (including phenoxy) is 2. The Morgan fingerprint density at radius 3 is 2.52 bits per heavy atom. The lowest BCUT2D eigenvalue weighted by Gasteiger charge is -2.10. The van der Waals surface area contributed by atoms with Crippen LogP contribution in [-0.2, 0) is 20.9 Å². The van der Waals surface area contributed by atoms with Gasteiger partial charge in [0.2, 0.25) is 5.76 Å². The van der Waals surface area contributed by atoms with Crippen molar-refractivity contribution in [2.45, 2.75) is 6.54 Å². The Bertz CT molecular complexity index is 1090. The van der Waals surface area contributed by atoms with Gasteiger partial charge in [0.05, 0.1) is 22.6 Å². The molecule has 4 amide bonds. The van der Waals surface area contributed by atoms with E-state index in [1.807, 2.05) is 0 Å². The highest BCUT2D eigenvalue weighted by atomic mass is 79.9. The van der Waals surface area contributed by atoms with Gasteiger partial charge in [0.15, 0.2) is 6.61 Å². The van der Waals surface area contributed by atoms with Gasteiger partial charge in [-0.15, -0.1) is 0 Å². The predicted molar refractivity (Wildman–Crippen MR) is 114 cm³/mol. The molecule has 3 rings (SSSR count). The van der Waals surface area contributed by atoms with Crippen LogP contribution in [0.1, 0.15) is 21.9 Å². The third-order valence-electron chi connectivity index (χ3n) is 4.01. The number of amides is 4. The third-order valence-corrected chi connectivity index (χ3v) is 5.19. The number of imide groups is 1. The van der Waals surface area contributed by atoms with Gasteiger partial charge >= 0.3 is 12.0 Å². The van der Waals surface area contributed by atoms with Crippen LogP contribution in [-0.4, -0.2) is 42.4 Å². The van der Waals surface area contributed by atoms with E-state index in [9.17, 15) is 19.2 Å². The summed E-state index contributed by atoms with van der Waals surface area (Å²) in [7, 11) is 1.21. The van der Waals surface area contributed by atoms with E-state index in [0.29, 0.717) is 20.3 Å². The zero-order valence-electron chi connectivity index (χ0n) is 15.9. The standard InChI is InChI=1S/C19H15Br2N3O7/c1-29-18(27)14-3-2-10(31-14)7-24-17(26)13(23-19(24)28)6-9-4-11(20)16(12(21)5-9)30-8-15(22)25/h2-6H,7-8H2,1H3,(H2,22,25)(H,23,28)/b13-6-. The molecule has 2 heterocycles. The fraction of sp³-hybridized carbons (Fsp3) is 0.158. The summed E-state index contributed by atoms with van der Waals surface area (Å²) >= 11 is 6.66. The lowest BCUT2D eigenvalue weighted by Crippen LogP contribution is -2.30. The molecule has 1 saturated heterocycles. The van der Waals surface area contributed by atoms with Gasteiger partial charge < -0.3 is 24.9 Å². The fourth-order valence-electron chi connectivity index (χ4n) is 2.65.